The van der Waals surface area contributed by atoms with Crippen LogP contribution in [-0.2, 0) is 0 Å². The number of fused-ring (bicyclic) bond motifs is 1. The lowest BCUT2D eigenvalue weighted by molar-refractivity contribution is 0.102. The van der Waals surface area contributed by atoms with Crippen LogP contribution in [0.1, 0.15) is 36.0 Å². The summed E-state index contributed by atoms with van der Waals surface area (Å²) in [4.78, 5) is 20.8. The van der Waals surface area contributed by atoms with Gasteiger partial charge < -0.3 is 0 Å². The van der Waals surface area contributed by atoms with Gasteiger partial charge in [0.2, 0.25) is 0 Å². The minimum Gasteiger partial charge on any atom is -0.289 e. The smallest absolute Gasteiger partial charge is 0.188 e. The molecule has 0 amide bonds. The Morgan fingerprint density at radius 1 is 1.06 bits per heavy atom. The molecule has 3 rings (SSSR count). The third-order valence-electron chi connectivity index (χ3n) is 3.31. The highest BCUT2D eigenvalue weighted by Crippen LogP contribution is 2.22. The molecule has 0 saturated heterocycles. The van der Waals surface area contributed by atoms with Crippen molar-refractivity contribution in [2.45, 2.75) is 25.7 Å². The monoisotopic (exact) mass is 238 g/mol. The Bertz CT molecular complexity index is 631. The molecule has 18 heavy (non-hydrogen) atoms. The fourth-order valence-corrected chi connectivity index (χ4v) is 2.33. The molecule has 0 saturated carbocycles. The van der Waals surface area contributed by atoms with Crippen molar-refractivity contribution in [3.05, 3.63) is 47.8 Å². The maximum atomic E-state index is 12.3. The molecule has 0 N–H and O–H groups in total. The van der Waals surface area contributed by atoms with Crippen LogP contribution >= 0.6 is 0 Å². The Kier molecular flexibility index (Phi) is 2.89. The SMILES string of the molecule is O=C(C1=CCCCC1)c1ccc2nccnc2c1. The van der Waals surface area contributed by atoms with Gasteiger partial charge in [0, 0.05) is 18.0 Å². The van der Waals surface area contributed by atoms with E-state index >= 15 is 0 Å². The van der Waals surface area contributed by atoms with Crippen LogP contribution in [0.25, 0.3) is 11.0 Å². The van der Waals surface area contributed by atoms with Crippen molar-refractivity contribution >= 4 is 16.8 Å². The number of rotatable bonds is 2. The summed E-state index contributed by atoms with van der Waals surface area (Å²) in [5.74, 6) is 0.141. The Morgan fingerprint density at radius 2 is 1.89 bits per heavy atom. The molecule has 3 nitrogen and oxygen atoms in total. The highest BCUT2D eigenvalue weighted by Gasteiger charge is 2.14. The lowest BCUT2D eigenvalue weighted by Gasteiger charge is -2.11. The van der Waals surface area contributed by atoms with E-state index in [4.69, 9.17) is 0 Å². The zero-order valence-electron chi connectivity index (χ0n) is 10.1. The molecule has 0 bridgehead atoms. The molecule has 3 heteroatoms. The highest BCUT2D eigenvalue weighted by atomic mass is 16.1. The molecule has 0 aliphatic heterocycles. The summed E-state index contributed by atoms with van der Waals surface area (Å²) >= 11 is 0. The standard InChI is InChI=1S/C15H14N2O/c18-15(11-4-2-1-3-5-11)12-6-7-13-14(10-12)17-9-8-16-13/h4,6-10H,1-3,5H2. The van der Waals surface area contributed by atoms with Crippen molar-refractivity contribution in [1.82, 2.24) is 9.97 Å². The Balaban J connectivity index is 1.98. The number of nitrogens with zero attached hydrogens (tertiary/aromatic N) is 2. The van der Waals surface area contributed by atoms with Crippen molar-refractivity contribution in [3.8, 4) is 0 Å². The van der Waals surface area contributed by atoms with Gasteiger partial charge >= 0.3 is 0 Å². The second-order valence-corrected chi connectivity index (χ2v) is 4.56. The molecule has 0 atom stereocenters. The van der Waals surface area contributed by atoms with Crippen molar-refractivity contribution in [2.24, 2.45) is 0 Å². The first-order chi connectivity index (χ1) is 8.84. The summed E-state index contributed by atoms with van der Waals surface area (Å²) < 4.78 is 0. The van der Waals surface area contributed by atoms with Gasteiger partial charge in [-0.2, -0.15) is 0 Å². The molecule has 1 aromatic carbocycles. The molecule has 0 radical (unpaired) electrons. The number of aromatic nitrogens is 2. The van der Waals surface area contributed by atoms with Crippen LogP contribution in [0.4, 0.5) is 0 Å². The van der Waals surface area contributed by atoms with Crippen molar-refractivity contribution in [2.75, 3.05) is 0 Å². The number of carbonyl (C=O) groups is 1. The highest BCUT2D eigenvalue weighted by molar-refractivity contribution is 6.10. The number of ketones is 1. The van der Waals surface area contributed by atoms with Gasteiger partial charge in [0.15, 0.2) is 5.78 Å². The van der Waals surface area contributed by atoms with E-state index < -0.39 is 0 Å². The van der Waals surface area contributed by atoms with E-state index in [2.05, 4.69) is 16.0 Å². The minimum absolute atomic E-state index is 0.141. The minimum atomic E-state index is 0.141. The van der Waals surface area contributed by atoms with E-state index in [0.717, 1.165) is 41.4 Å². The summed E-state index contributed by atoms with van der Waals surface area (Å²) in [6.45, 7) is 0. The molecule has 0 spiro atoms. The zero-order valence-corrected chi connectivity index (χ0v) is 10.1. The Hall–Kier alpha value is -2.03. The van der Waals surface area contributed by atoms with Crippen LogP contribution < -0.4 is 0 Å². The van der Waals surface area contributed by atoms with Gasteiger partial charge in [-0.15, -0.1) is 0 Å². The molecule has 90 valence electrons. The normalized spacial score (nSPS) is 15.4. The fraction of sp³-hybridized carbons (Fsp3) is 0.267. The van der Waals surface area contributed by atoms with E-state index in [-0.39, 0.29) is 5.78 Å². The predicted molar refractivity (Wildman–Crippen MR) is 70.4 cm³/mol. The van der Waals surface area contributed by atoms with Crippen molar-refractivity contribution < 1.29 is 4.79 Å². The number of benzene rings is 1. The number of hydrogen-bond donors (Lipinski definition) is 0. The topological polar surface area (TPSA) is 42.9 Å². The molecule has 1 aliphatic carbocycles. The van der Waals surface area contributed by atoms with Gasteiger partial charge in [-0.25, -0.2) is 0 Å². The third kappa shape index (κ3) is 2.04. The molecule has 1 heterocycles. The maximum absolute atomic E-state index is 12.3. The van der Waals surface area contributed by atoms with Gasteiger partial charge in [-0.3, -0.25) is 14.8 Å². The first-order valence-corrected chi connectivity index (χ1v) is 6.29. The van der Waals surface area contributed by atoms with Crippen molar-refractivity contribution in [3.63, 3.8) is 0 Å². The van der Waals surface area contributed by atoms with Crippen LogP contribution in [0.2, 0.25) is 0 Å². The van der Waals surface area contributed by atoms with E-state index in [1.54, 1.807) is 12.4 Å². The Labute approximate surface area is 106 Å². The van der Waals surface area contributed by atoms with Gasteiger partial charge in [0.1, 0.15) is 0 Å². The second kappa shape index (κ2) is 4.69. The molecular weight excluding hydrogens is 224 g/mol. The summed E-state index contributed by atoms with van der Waals surface area (Å²) in [7, 11) is 0. The summed E-state index contributed by atoms with van der Waals surface area (Å²) in [6, 6.07) is 5.54. The van der Waals surface area contributed by atoms with Gasteiger partial charge in [0.25, 0.3) is 0 Å². The van der Waals surface area contributed by atoms with Gasteiger partial charge in [-0.1, -0.05) is 6.08 Å². The van der Waals surface area contributed by atoms with Crippen LogP contribution in [0.5, 0.6) is 0 Å². The quantitative estimate of drug-likeness (QED) is 0.754. The average Bonchev–Trinajstić information content (AvgIpc) is 2.47. The molecule has 2 aromatic rings. The van der Waals surface area contributed by atoms with Crippen LogP contribution in [-0.4, -0.2) is 15.8 Å². The van der Waals surface area contributed by atoms with E-state index in [0.29, 0.717) is 0 Å². The second-order valence-electron chi connectivity index (χ2n) is 4.56. The average molecular weight is 238 g/mol. The van der Waals surface area contributed by atoms with E-state index in [1.165, 1.54) is 6.42 Å². The number of allylic oxidation sites excluding steroid dienone is 2. The molecule has 0 unspecified atom stereocenters. The van der Waals surface area contributed by atoms with Crippen LogP contribution in [0, 0.1) is 0 Å². The molecule has 1 aliphatic rings. The van der Waals surface area contributed by atoms with E-state index in [1.807, 2.05) is 18.2 Å². The van der Waals surface area contributed by atoms with Gasteiger partial charge in [0.05, 0.1) is 11.0 Å². The lowest BCUT2D eigenvalue weighted by atomic mass is 9.93. The number of hydrogen-bond acceptors (Lipinski definition) is 3. The molecular formula is C15H14N2O. The summed E-state index contributed by atoms with van der Waals surface area (Å²) in [6.07, 6.45) is 9.62. The van der Waals surface area contributed by atoms with Gasteiger partial charge in [-0.05, 0) is 49.5 Å². The summed E-state index contributed by atoms with van der Waals surface area (Å²) in [5.41, 5.74) is 3.27. The first kappa shape index (κ1) is 11.1. The van der Waals surface area contributed by atoms with E-state index in [9.17, 15) is 4.79 Å². The molecule has 1 aromatic heterocycles. The first-order valence-electron chi connectivity index (χ1n) is 6.29. The Morgan fingerprint density at radius 3 is 2.67 bits per heavy atom. The number of Topliss-reactive ketones (excluding diaryl/α,β-unsaturated/α-hetero) is 1. The lowest BCUT2D eigenvalue weighted by Crippen LogP contribution is -2.06. The fourth-order valence-electron chi connectivity index (χ4n) is 2.33. The van der Waals surface area contributed by atoms with Crippen LogP contribution in [0.3, 0.4) is 0 Å². The van der Waals surface area contributed by atoms with Crippen LogP contribution in [0.15, 0.2) is 42.2 Å². The zero-order chi connectivity index (χ0) is 12.4. The maximum Gasteiger partial charge on any atom is 0.188 e. The molecule has 0 fully saturated rings. The largest absolute Gasteiger partial charge is 0.289 e. The van der Waals surface area contributed by atoms with Crippen molar-refractivity contribution in [1.29, 1.82) is 0 Å². The number of carbonyl (C=O) groups excluding carboxylic acids is 1. The summed E-state index contributed by atoms with van der Waals surface area (Å²) in [5, 5.41) is 0. The third-order valence-corrected chi connectivity index (χ3v) is 3.31. The predicted octanol–water partition coefficient (Wildman–Crippen LogP) is 3.31.